The minimum atomic E-state index is -1.65. The van der Waals surface area contributed by atoms with Crippen molar-refractivity contribution in [3.63, 3.8) is 0 Å². The van der Waals surface area contributed by atoms with Crippen LogP contribution in [0.25, 0.3) is 0 Å². The Kier molecular flexibility index (Phi) is 30.6. The molecule has 25 nitrogen and oxygen atoms in total. The van der Waals surface area contributed by atoms with Crippen LogP contribution in [0.15, 0.2) is 12.2 Å². The molecule has 0 saturated carbocycles. The SMILES string of the molecule is C/C=C/C[C@@H](C)[C@@H](O)[C@H]1C(=O)N[C@@H](CC)C(=O)N(C)CC(=O)N[C@@H](CC(C)C)C(=O)N[C@@H](C(C)C)C(=O)N(C)[C@@H](CC(C)(C)O)C(=O)N[C@@H](C)C(=O)N[C@H](C)C(=O)N(C)[C@@H](CC(C)(C)O)C(=O)N(C)[C@@H](CC(C)C)C(=O)N(C)[C@@H](C(C)C)C(=O)N1C. The Labute approximate surface area is 511 Å². The number of hydrogen-bond acceptors (Lipinski definition) is 14. The topological polar surface area (TPSA) is 328 Å². The van der Waals surface area contributed by atoms with E-state index in [1.54, 1.807) is 60.6 Å². The summed E-state index contributed by atoms with van der Waals surface area (Å²) in [6.07, 6.45) is 1.74. The normalized spacial score (nSPS) is 26.9. The van der Waals surface area contributed by atoms with Crippen molar-refractivity contribution in [2.24, 2.45) is 29.6 Å². The fourth-order valence-corrected chi connectivity index (χ4v) is 10.5. The van der Waals surface area contributed by atoms with Crippen LogP contribution in [0.2, 0.25) is 0 Å². The second kappa shape index (κ2) is 33.8. The van der Waals surface area contributed by atoms with Crippen LogP contribution in [0.5, 0.6) is 0 Å². The summed E-state index contributed by atoms with van der Waals surface area (Å²) in [6.45, 7) is 26.8. The fourth-order valence-electron chi connectivity index (χ4n) is 10.5. The molecule has 1 aliphatic heterocycles. The summed E-state index contributed by atoms with van der Waals surface area (Å²) < 4.78 is 0. The fraction of sp³-hybridized carbons (Fsp3) is 0.787. The quantitative estimate of drug-likeness (QED) is 0.107. The number of hydrogen-bond donors (Lipinski definition) is 8. The van der Waals surface area contributed by atoms with Crippen LogP contribution in [0.4, 0.5) is 0 Å². The Morgan fingerprint density at radius 1 is 0.512 bits per heavy atom. The average Bonchev–Trinajstić information content (AvgIpc) is 2.25. The largest absolute Gasteiger partial charge is 0.390 e. The molecule has 1 heterocycles. The molecule has 0 aromatic carbocycles. The highest BCUT2D eigenvalue weighted by Crippen LogP contribution is 2.26. The maximum Gasteiger partial charge on any atom is 0.246 e. The standard InChI is InChI=1S/C61H109N11O14/c1-24-26-27-37(11)49(74)48-53(78)65-40(25-2)55(80)67(18)32-45(73)64-41(28-33(3)4)51(76)66-46(35(7)8)58(83)69(20)43(30-60(14,15)85)52(77)62-38(12)50(75)63-39(13)54(79)70(21)44(31-61(16,17)86)57(82)68(19)42(29-34(5)6)56(81)71(22)47(36(9)10)59(84)72(48)23/h24,26,33-44,46-49,74,85-86H,25,27-32H2,1-23H3,(H,62,77)(H,63,75)(H,64,73)(H,65,78)(H,66,76)/b26-24+/t37-,38+,39-,40+,41+,42+,43+,44+,46+,47+,48+,49-/m1/s1. The smallest absolute Gasteiger partial charge is 0.246 e. The van der Waals surface area contributed by atoms with E-state index in [-0.39, 0.29) is 50.4 Å². The summed E-state index contributed by atoms with van der Waals surface area (Å²) in [5, 5.41) is 47.6. The van der Waals surface area contributed by atoms with E-state index in [1.165, 1.54) is 88.7 Å². The van der Waals surface area contributed by atoms with Crippen molar-refractivity contribution in [1.82, 2.24) is 56.0 Å². The van der Waals surface area contributed by atoms with Gasteiger partial charge in [-0.25, -0.2) is 0 Å². The van der Waals surface area contributed by atoms with E-state index < -0.39 is 167 Å². The van der Waals surface area contributed by atoms with Crippen LogP contribution in [-0.2, 0) is 52.7 Å². The van der Waals surface area contributed by atoms with Crippen molar-refractivity contribution >= 4 is 65.0 Å². The van der Waals surface area contributed by atoms with Crippen molar-refractivity contribution in [3.8, 4) is 0 Å². The van der Waals surface area contributed by atoms with Gasteiger partial charge in [-0.15, -0.1) is 0 Å². The molecule has 0 aliphatic carbocycles. The van der Waals surface area contributed by atoms with Gasteiger partial charge in [0.15, 0.2) is 0 Å². The molecule has 86 heavy (non-hydrogen) atoms. The Bertz CT molecular complexity index is 2390. The third-order valence-electron chi connectivity index (χ3n) is 15.6. The Hall–Kier alpha value is -6.21. The predicted octanol–water partition coefficient (Wildman–Crippen LogP) is 1.16. The van der Waals surface area contributed by atoms with E-state index in [0.717, 1.165) is 24.5 Å². The molecule has 11 amide bonds. The van der Waals surface area contributed by atoms with Crippen molar-refractivity contribution in [3.05, 3.63) is 12.2 Å². The third kappa shape index (κ3) is 22.8. The number of carbonyl (C=O) groups is 11. The maximum atomic E-state index is 15.1. The minimum absolute atomic E-state index is 0.0100. The monoisotopic (exact) mass is 1220 g/mol. The highest BCUT2D eigenvalue weighted by molar-refractivity contribution is 5.99. The van der Waals surface area contributed by atoms with Crippen LogP contribution in [0.1, 0.15) is 156 Å². The predicted molar refractivity (Wildman–Crippen MR) is 327 cm³/mol. The average molecular weight is 1220 g/mol. The van der Waals surface area contributed by atoms with Gasteiger partial charge in [0.2, 0.25) is 65.0 Å². The lowest BCUT2D eigenvalue weighted by Gasteiger charge is -2.42. The molecule has 1 fully saturated rings. The van der Waals surface area contributed by atoms with Crippen LogP contribution in [0, 0.1) is 29.6 Å². The summed E-state index contributed by atoms with van der Waals surface area (Å²) in [7, 11) is 8.00. The van der Waals surface area contributed by atoms with Gasteiger partial charge in [0, 0.05) is 55.1 Å². The van der Waals surface area contributed by atoms with Gasteiger partial charge in [0.1, 0.15) is 60.4 Å². The summed E-state index contributed by atoms with van der Waals surface area (Å²) in [4.78, 5) is 166. The number of amides is 11. The zero-order valence-corrected chi connectivity index (χ0v) is 55.9. The zero-order chi connectivity index (χ0) is 67.0. The first-order chi connectivity index (χ1) is 39.4. The minimum Gasteiger partial charge on any atom is -0.390 e. The van der Waals surface area contributed by atoms with E-state index in [2.05, 4.69) is 26.6 Å². The van der Waals surface area contributed by atoms with E-state index in [0.29, 0.717) is 0 Å². The summed E-state index contributed by atoms with van der Waals surface area (Å²) >= 11 is 0. The number of rotatable bonds is 15. The van der Waals surface area contributed by atoms with Gasteiger partial charge in [0.25, 0.3) is 0 Å². The number of carbonyl (C=O) groups excluding carboxylic acids is 11. The second-order valence-corrected chi connectivity index (χ2v) is 26.5. The molecule has 8 N–H and O–H groups in total. The molecular formula is C61H109N11O14. The molecule has 1 aliphatic rings. The van der Waals surface area contributed by atoms with Gasteiger partial charge in [-0.05, 0) is 104 Å². The van der Waals surface area contributed by atoms with Crippen LogP contribution >= 0.6 is 0 Å². The van der Waals surface area contributed by atoms with Gasteiger partial charge >= 0.3 is 0 Å². The van der Waals surface area contributed by atoms with Crippen LogP contribution in [-0.4, -0.2) is 236 Å². The van der Waals surface area contributed by atoms with E-state index >= 15 is 9.59 Å². The number of allylic oxidation sites excluding steroid dienone is 2. The zero-order valence-electron chi connectivity index (χ0n) is 55.9. The molecular weight excluding hydrogens is 1110 g/mol. The number of nitrogens with zero attached hydrogens (tertiary/aromatic N) is 6. The van der Waals surface area contributed by atoms with Gasteiger partial charge in [-0.1, -0.05) is 81.4 Å². The number of aliphatic hydroxyl groups excluding tert-OH is 1. The molecule has 1 rings (SSSR count). The number of nitrogens with one attached hydrogen (secondary N) is 5. The lowest BCUT2D eigenvalue weighted by Crippen LogP contribution is -2.63. The molecule has 1 saturated heterocycles. The lowest BCUT2D eigenvalue weighted by atomic mass is 9.91. The van der Waals surface area contributed by atoms with Crippen molar-refractivity contribution in [2.75, 3.05) is 48.8 Å². The number of aliphatic hydroxyl groups is 3. The summed E-state index contributed by atoms with van der Waals surface area (Å²) in [5.74, 6) is -11.0. The third-order valence-corrected chi connectivity index (χ3v) is 15.6. The lowest BCUT2D eigenvalue weighted by molar-refractivity contribution is -0.158. The molecule has 0 aromatic heterocycles. The van der Waals surface area contributed by atoms with Crippen molar-refractivity contribution in [2.45, 2.75) is 234 Å². The first kappa shape index (κ1) is 77.8. The van der Waals surface area contributed by atoms with Gasteiger partial charge in [-0.2, -0.15) is 0 Å². The first-order valence-corrected chi connectivity index (χ1v) is 30.2. The molecule has 12 atom stereocenters. The van der Waals surface area contributed by atoms with Crippen LogP contribution in [0.3, 0.4) is 0 Å². The van der Waals surface area contributed by atoms with Crippen molar-refractivity contribution < 1.29 is 68.1 Å². The molecule has 25 heteroatoms. The van der Waals surface area contributed by atoms with E-state index in [1.807, 2.05) is 27.7 Å². The van der Waals surface area contributed by atoms with Crippen molar-refractivity contribution in [1.29, 1.82) is 0 Å². The second-order valence-electron chi connectivity index (χ2n) is 26.5. The Balaban J connectivity index is 4.34. The molecule has 492 valence electrons. The molecule has 0 unspecified atom stereocenters. The maximum absolute atomic E-state index is 15.1. The molecule has 0 bridgehead atoms. The van der Waals surface area contributed by atoms with Gasteiger partial charge in [-0.3, -0.25) is 52.7 Å². The highest BCUT2D eigenvalue weighted by atomic mass is 16.3. The van der Waals surface area contributed by atoms with Gasteiger partial charge < -0.3 is 71.3 Å². The number of likely N-dealkylation sites (N-methyl/N-ethyl adjacent to an activating group) is 6. The Morgan fingerprint density at radius 2 is 0.988 bits per heavy atom. The highest BCUT2D eigenvalue weighted by Gasteiger charge is 2.46. The van der Waals surface area contributed by atoms with Gasteiger partial charge in [0.05, 0.1) is 23.9 Å². The summed E-state index contributed by atoms with van der Waals surface area (Å²) in [6, 6.07) is -13.7. The Morgan fingerprint density at radius 3 is 1.47 bits per heavy atom. The van der Waals surface area contributed by atoms with E-state index in [9.17, 15) is 58.5 Å². The molecule has 0 spiro atoms. The molecule has 0 radical (unpaired) electrons. The summed E-state index contributed by atoms with van der Waals surface area (Å²) in [5.41, 5.74) is -3.14. The van der Waals surface area contributed by atoms with Crippen LogP contribution < -0.4 is 26.6 Å². The van der Waals surface area contributed by atoms with E-state index in [4.69, 9.17) is 0 Å². The molecule has 0 aromatic rings. The first-order valence-electron chi connectivity index (χ1n) is 30.2.